The number of methoxy groups -OCH3 is 1. The van der Waals surface area contributed by atoms with Gasteiger partial charge in [0.2, 0.25) is 5.91 Å². The summed E-state index contributed by atoms with van der Waals surface area (Å²) in [6, 6.07) is 5.64. The lowest BCUT2D eigenvalue weighted by molar-refractivity contribution is -0.117. The van der Waals surface area contributed by atoms with Crippen molar-refractivity contribution in [3.8, 4) is 0 Å². The molecular weight excluding hydrogens is 457 g/mol. The van der Waals surface area contributed by atoms with E-state index in [1.807, 2.05) is 12.1 Å². The number of nitrogens with one attached hydrogen (secondary N) is 1. The molecule has 1 saturated heterocycles. The van der Waals surface area contributed by atoms with Crippen LogP contribution in [0.25, 0.3) is 0 Å². The van der Waals surface area contributed by atoms with Gasteiger partial charge in [-0.15, -0.1) is 11.3 Å². The number of piperazine rings is 1. The molecule has 0 radical (unpaired) electrons. The van der Waals surface area contributed by atoms with E-state index in [9.17, 15) is 9.59 Å². The van der Waals surface area contributed by atoms with Crippen molar-refractivity contribution in [2.75, 3.05) is 50.1 Å². The Kier molecular flexibility index (Phi) is 7.06. The molecule has 1 aliphatic heterocycles. The summed E-state index contributed by atoms with van der Waals surface area (Å²) in [4.78, 5) is 30.6. The Bertz CT molecular complexity index is 987. The van der Waals surface area contributed by atoms with Crippen LogP contribution in [-0.2, 0) is 22.4 Å². The third-order valence-electron chi connectivity index (χ3n) is 5.82. The number of fused-ring (bicyclic) bond motifs is 1. The fourth-order valence-corrected chi connectivity index (χ4v) is 5.77. The van der Waals surface area contributed by atoms with Gasteiger partial charge in [-0.25, -0.2) is 4.79 Å². The van der Waals surface area contributed by atoms with Crippen molar-refractivity contribution in [2.24, 2.45) is 0 Å². The number of amides is 1. The topological polar surface area (TPSA) is 61.9 Å². The third kappa shape index (κ3) is 5.00. The van der Waals surface area contributed by atoms with Crippen molar-refractivity contribution in [3.05, 3.63) is 44.2 Å². The van der Waals surface area contributed by atoms with E-state index in [4.69, 9.17) is 27.9 Å². The number of esters is 1. The molecule has 0 spiro atoms. The first-order valence-electron chi connectivity index (χ1n) is 10.4. The van der Waals surface area contributed by atoms with Crippen LogP contribution in [0.15, 0.2) is 18.2 Å². The molecule has 1 N–H and O–H groups in total. The van der Waals surface area contributed by atoms with Crippen LogP contribution >= 0.6 is 34.5 Å². The second kappa shape index (κ2) is 9.77. The fraction of sp³-hybridized carbons (Fsp3) is 0.455. The molecule has 0 saturated carbocycles. The van der Waals surface area contributed by atoms with Crippen molar-refractivity contribution in [2.45, 2.75) is 25.7 Å². The van der Waals surface area contributed by atoms with Crippen LogP contribution in [-0.4, -0.2) is 56.6 Å². The molecule has 31 heavy (non-hydrogen) atoms. The molecule has 1 aromatic carbocycles. The second-order valence-corrected chi connectivity index (χ2v) is 9.74. The highest BCUT2D eigenvalue weighted by atomic mass is 35.5. The van der Waals surface area contributed by atoms with Crippen LogP contribution in [0.2, 0.25) is 10.0 Å². The van der Waals surface area contributed by atoms with Crippen molar-refractivity contribution in [1.29, 1.82) is 0 Å². The zero-order chi connectivity index (χ0) is 22.0. The lowest BCUT2D eigenvalue weighted by atomic mass is 9.95. The number of ether oxygens (including phenoxy) is 1. The number of carbonyl (C=O) groups excluding carboxylic acids is 2. The molecule has 1 amide bonds. The summed E-state index contributed by atoms with van der Waals surface area (Å²) in [6.07, 6.45) is 3.99. The number of hydrogen-bond donors (Lipinski definition) is 1. The van der Waals surface area contributed by atoms with Crippen molar-refractivity contribution in [1.82, 2.24) is 4.90 Å². The average Bonchev–Trinajstić information content (AvgIpc) is 3.13. The first kappa shape index (κ1) is 22.4. The number of hydrogen-bond acceptors (Lipinski definition) is 6. The van der Waals surface area contributed by atoms with Crippen LogP contribution in [0.5, 0.6) is 0 Å². The number of carbonyl (C=O) groups is 2. The Morgan fingerprint density at radius 1 is 1.10 bits per heavy atom. The highest BCUT2D eigenvalue weighted by Gasteiger charge is 2.27. The van der Waals surface area contributed by atoms with Gasteiger partial charge in [-0.2, -0.15) is 0 Å². The van der Waals surface area contributed by atoms with E-state index in [1.165, 1.54) is 23.3 Å². The van der Waals surface area contributed by atoms with Gasteiger partial charge in [0.15, 0.2) is 0 Å². The van der Waals surface area contributed by atoms with Crippen LogP contribution in [0.3, 0.4) is 0 Å². The first-order valence-corrected chi connectivity index (χ1v) is 12.0. The van der Waals surface area contributed by atoms with E-state index >= 15 is 0 Å². The minimum atomic E-state index is -0.370. The first-order chi connectivity index (χ1) is 15.0. The predicted octanol–water partition coefficient (Wildman–Crippen LogP) is 4.48. The zero-order valence-corrected chi connectivity index (χ0v) is 19.7. The smallest absolute Gasteiger partial charge is 0.341 e. The van der Waals surface area contributed by atoms with Crippen molar-refractivity contribution < 1.29 is 14.3 Å². The van der Waals surface area contributed by atoms with E-state index in [0.717, 1.165) is 63.1 Å². The summed E-state index contributed by atoms with van der Waals surface area (Å²) in [6.45, 7) is 3.41. The number of benzene rings is 1. The molecule has 1 fully saturated rings. The summed E-state index contributed by atoms with van der Waals surface area (Å²) in [5, 5.41) is 4.69. The summed E-state index contributed by atoms with van der Waals surface area (Å²) in [5.74, 6) is -0.475. The molecule has 6 nitrogen and oxygen atoms in total. The number of anilines is 2. The lowest BCUT2D eigenvalue weighted by Crippen LogP contribution is -2.48. The molecule has 2 aromatic rings. The van der Waals surface area contributed by atoms with Gasteiger partial charge in [0.1, 0.15) is 5.00 Å². The molecule has 1 aliphatic carbocycles. The highest BCUT2D eigenvalue weighted by molar-refractivity contribution is 7.17. The van der Waals surface area contributed by atoms with Crippen LogP contribution in [0, 0.1) is 0 Å². The number of halogens is 2. The Balaban J connectivity index is 1.36. The molecule has 166 valence electrons. The summed E-state index contributed by atoms with van der Waals surface area (Å²) in [7, 11) is 1.38. The average molecular weight is 482 g/mol. The standard InChI is InChI=1S/C22H25Cl2N3O3S/c1-30-22(29)20-15-4-2-3-5-18(15)31-21(20)25-19(28)13-26-8-10-27(11-9-26)14-6-7-16(23)17(24)12-14/h6-7,12H,2-5,8-11,13H2,1H3,(H,25,28). The van der Waals surface area contributed by atoms with Gasteiger partial charge in [0, 0.05) is 36.7 Å². The maximum atomic E-state index is 12.7. The van der Waals surface area contributed by atoms with E-state index in [2.05, 4.69) is 15.1 Å². The summed E-state index contributed by atoms with van der Waals surface area (Å²) < 4.78 is 4.99. The van der Waals surface area contributed by atoms with Crippen LogP contribution in [0.1, 0.15) is 33.6 Å². The van der Waals surface area contributed by atoms with E-state index < -0.39 is 0 Å². The van der Waals surface area contributed by atoms with Gasteiger partial charge in [0.05, 0.1) is 29.3 Å². The minimum absolute atomic E-state index is 0.105. The molecule has 9 heteroatoms. The fourth-order valence-electron chi connectivity index (χ4n) is 4.19. The molecule has 0 bridgehead atoms. The number of nitrogens with zero attached hydrogens (tertiary/aromatic N) is 2. The van der Waals surface area contributed by atoms with Crippen LogP contribution in [0.4, 0.5) is 10.7 Å². The zero-order valence-electron chi connectivity index (χ0n) is 17.4. The molecule has 0 unspecified atom stereocenters. The van der Waals surface area contributed by atoms with Gasteiger partial charge in [0.25, 0.3) is 0 Å². The predicted molar refractivity (Wildman–Crippen MR) is 126 cm³/mol. The van der Waals surface area contributed by atoms with E-state index in [0.29, 0.717) is 27.2 Å². The summed E-state index contributed by atoms with van der Waals surface area (Å²) in [5.41, 5.74) is 2.62. The Hall–Kier alpha value is -1.80. The quantitative estimate of drug-likeness (QED) is 0.637. The van der Waals surface area contributed by atoms with E-state index in [-0.39, 0.29) is 11.9 Å². The Morgan fingerprint density at radius 3 is 2.55 bits per heavy atom. The molecule has 1 aromatic heterocycles. The molecule has 2 heterocycles. The van der Waals surface area contributed by atoms with Gasteiger partial charge in [-0.05, 0) is 49.4 Å². The van der Waals surface area contributed by atoms with Gasteiger partial charge in [-0.3, -0.25) is 9.69 Å². The maximum Gasteiger partial charge on any atom is 0.341 e. The third-order valence-corrected chi connectivity index (χ3v) is 7.77. The Labute approximate surface area is 196 Å². The van der Waals surface area contributed by atoms with Gasteiger partial charge >= 0.3 is 5.97 Å². The SMILES string of the molecule is COC(=O)c1c(NC(=O)CN2CCN(c3ccc(Cl)c(Cl)c3)CC2)sc2c1CCCC2. The number of thiophene rings is 1. The maximum absolute atomic E-state index is 12.7. The second-order valence-electron chi connectivity index (χ2n) is 7.82. The molecular formula is C22H25Cl2N3O3S. The van der Waals surface area contributed by atoms with Crippen molar-refractivity contribution in [3.63, 3.8) is 0 Å². The number of rotatable bonds is 5. The van der Waals surface area contributed by atoms with Gasteiger partial charge < -0.3 is 15.0 Å². The summed E-state index contributed by atoms with van der Waals surface area (Å²) >= 11 is 13.7. The van der Waals surface area contributed by atoms with Crippen molar-refractivity contribution >= 4 is 57.1 Å². The Morgan fingerprint density at radius 2 is 1.84 bits per heavy atom. The molecule has 0 atom stereocenters. The number of aryl methyl sites for hydroxylation is 1. The molecule has 2 aliphatic rings. The largest absolute Gasteiger partial charge is 0.465 e. The highest BCUT2D eigenvalue weighted by Crippen LogP contribution is 2.38. The lowest BCUT2D eigenvalue weighted by Gasteiger charge is -2.35. The monoisotopic (exact) mass is 481 g/mol. The molecule has 4 rings (SSSR count). The minimum Gasteiger partial charge on any atom is -0.465 e. The normalized spacial score (nSPS) is 16.7. The van der Waals surface area contributed by atoms with Gasteiger partial charge in [-0.1, -0.05) is 23.2 Å². The van der Waals surface area contributed by atoms with E-state index in [1.54, 1.807) is 6.07 Å². The van der Waals surface area contributed by atoms with Crippen LogP contribution < -0.4 is 10.2 Å².